The van der Waals surface area contributed by atoms with Crippen molar-refractivity contribution >= 4 is 5.97 Å². The molecule has 0 saturated carbocycles. The zero-order valence-corrected chi connectivity index (χ0v) is 13.3. The number of carboxylic acid groups (broad SMARTS) is 1. The topological polar surface area (TPSA) is 55.8 Å². The van der Waals surface area contributed by atoms with Crippen molar-refractivity contribution in [2.24, 2.45) is 0 Å². The summed E-state index contributed by atoms with van der Waals surface area (Å²) in [4.78, 5) is 11.0. The Kier molecular flexibility index (Phi) is 5.41. The molecule has 0 saturated heterocycles. The van der Waals surface area contributed by atoms with E-state index in [1.807, 2.05) is 55.5 Å². The molecule has 0 amide bonds. The Morgan fingerprint density at radius 2 is 1.65 bits per heavy atom. The zero-order valence-electron chi connectivity index (χ0n) is 13.3. The van der Waals surface area contributed by atoms with Gasteiger partial charge in [0, 0.05) is 11.5 Å². The van der Waals surface area contributed by atoms with E-state index < -0.39 is 5.97 Å². The van der Waals surface area contributed by atoms with Crippen LogP contribution >= 0.6 is 0 Å². The van der Waals surface area contributed by atoms with Gasteiger partial charge >= 0.3 is 5.97 Å². The Hall–Kier alpha value is -2.75. The van der Waals surface area contributed by atoms with Gasteiger partial charge in [0.15, 0.2) is 0 Å². The van der Waals surface area contributed by atoms with Gasteiger partial charge in [-0.05, 0) is 35.4 Å². The molecule has 4 nitrogen and oxygen atoms in total. The van der Waals surface area contributed by atoms with Crippen molar-refractivity contribution in [2.75, 3.05) is 7.11 Å². The van der Waals surface area contributed by atoms with Crippen molar-refractivity contribution in [3.63, 3.8) is 0 Å². The first-order valence-electron chi connectivity index (χ1n) is 7.29. The van der Waals surface area contributed by atoms with Crippen LogP contribution in [-0.2, 0) is 11.4 Å². The number of rotatable bonds is 7. The van der Waals surface area contributed by atoms with E-state index in [0.717, 1.165) is 22.6 Å². The minimum atomic E-state index is -0.975. The van der Waals surface area contributed by atoms with E-state index >= 15 is 0 Å². The van der Waals surface area contributed by atoms with Crippen molar-refractivity contribution in [3.8, 4) is 11.5 Å². The molecule has 0 aromatic heterocycles. The van der Waals surface area contributed by atoms with Gasteiger partial charge < -0.3 is 14.6 Å². The number of ether oxygens (including phenoxy) is 2. The molecule has 2 rings (SSSR count). The smallest absolute Gasteiger partial charge is 0.331 e. The summed E-state index contributed by atoms with van der Waals surface area (Å²) in [5.41, 5.74) is 2.12. The summed E-state index contributed by atoms with van der Waals surface area (Å²) in [7, 11) is 1.63. The number of aliphatic carboxylic acids is 1. The van der Waals surface area contributed by atoms with E-state index in [1.165, 1.54) is 0 Å². The number of methoxy groups -OCH3 is 1. The van der Waals surface area contributed by atoms with Gasteiger partial charge in [0.1, 0.15) is 18.1 Å². The van der Waals surface area contributed by atoms with Crippen LogP contribution in [0.3, 0.4) is 0 Å². The molecule has 0 aliphatic heterocycles. The SMILES string of the molecule is C=C(C(=O)O)[C@@H](C)c1ccc(OCc2ccc(OC)cc2)cc1. The van der Waals surface area contributed by atoms with E-state index in [0.29, 0.717) is 6.61 Å². The first kappa shape index (κ1) is 16.6. The highest BCUT2D eigenvalue weighted by Gasteiger charge is 2.15. The van der Waals surface area contributed by atoms with Gasteiger partial charge in [-0.2, -0.15) is 0 Å². The molecule has 0 aliphatic rings. The monoisotopic (exact) mass is 312 g/mol. The predicted molar refractivity (Wildman–Crippen MR) is 89.0 cm³/mol. The molecule has 4 heteroatoms. The van der Waals surface area contributed by atoms with Crippen LogP contribution in [0.25, 0.3) is 0 Å². The standard InChI is InChI=1S/C19H20O4/c1-13(14(2)19(20)21)16-6-10-18(11-7-16)23-12-15-4-8-17(22-3)9-5-15/h4-11,13H,2,12H2,1,3H3,(H,20,21)/t13-/m1/s1. The first-order chi connectivity index (χ1) is 11.0. The van der Waals surface area contributed by atoms with Crippen LogP contribution in [0.15, 0.2) is 60.7 Å². The summed E-state index contributed by atoms with van der Waals surface area (Å²) < 4.78 is 10.8. The zero-order chi connectivity index (χ0) is 16.8. The van der Waals surface area contributed by atoms with Crippen LogP contribution in [0, 0.1) is 0 Å². The molecule has 0 radical (unpaired) electrons. The molecule has 2 aromatic rings. The third kappa shape index (κ3) is 4.36. The maximum atomic E-state index is 11.0. The van der Waals surface area contributed by atoms with Gasteiger partial charge in [-0.15, -0.1) is 0 Å². The highest BCUT2D eigenvalue weighted by molar-refractivity contribution is 5.87. The van der Waals surface area contributed by atoms with E-state index in [1.54, 1.807) is 7.11 Å². The lowest BCUT2D eigenvalue weighted by Gasteiger charge is -2.13. The minimum absolute atomic E-state index is 0.178. The maximum absolute atomic E-state index is 11.0. The Morgan fingerprint density at radius 3 is 2.17 bits per heavy atom. The number of carbonyl (C=O) groups is 1. The van der Waals surface area contributed by atoms with E-state index in [9.17, 15) is 4.79 Å². The number of carboxylic acids is 1. The second-order valence-electron chi connectivity index (χ2n) is 5.26. The van der Waals surface area contributed by atoms with Crippen LogP contribution < -0.4 is 9.47 Å². The molecule has 2 aromatic carbocycles. The molecule has 0 spiro atoms. The molecule has 120 valence electrons. The summed E-state index contributed by atoms with van der Waals surface area (Å²) in [5.74, 6) is 0.337. The summed E-state index contributed by atoms with van der Waals surface area (Å²) in [6, 6.07) is 15.1. The third-order valence-electron chi connectivity index (χ3n) is 3.74. The molecule has 0 fully saturated rings. The number of hydrogen-bond acceptors (Lipinski definition) is 3. The summed E-state index contributed by atoms with van der Waals surface area (Å²) in [5, 5.41) is 8.98. The largest absolute Gasteiger partial charge is 0.497 e. The summed E-state index contributed by atoms with van der Waals surface area (Å²) >= 11 is 0. The fraction of sp³-hybridized carbons (Fsp3) is 0.211. The van der Waals surface area contributed by atoms with Crippen molar-refractivity contribution < 1.29 is 19.4 Å². The van der Waals surface area contributed by atoms with Crippen molar-refractivity contribution in [1.29, 1.82) is 0 Å². The molecule has 0 heterocycles. The van der Waals surface area contributed by atoms with Crippen LogP contribution in [0.4, 0.5) is 0 Å². The minimum Gasteiger partial charge on any atom is -0.497 e. The second-order valence-corrected chi connectivity index (χ2v) is 5.26. The Bertz CT molecular complexity index is 672. The molecule has 0 unspecified atom stereocenters. The van der Waals surface area contributed by atoms with Crippen LogP contribution in [-0.4, -0.2) is 18.2 Å². The van der Waals surface area contributed by atoms with Gasteiger partial charge in [0.2, 0.25) is 0 Å². The highest BCUT2D eigenvalue weighted by atomic mass is 16.5. The lowest BCUT2D eigenvalue weighted by atomic mass is 9.94. The van der Waals surface area contributed by atoms with Crippen LogP contribution in [0.2, 0.25) is 0 Å². The number of hydrogen-bond donors (Lipinski definition) is 1. The van der Waals surface area contributed by atoms with Gasteiger partial charge in [-0.25, -0.2) is 4.79 Å². The fourth-order valence-electron chi connectivity index (χ4n) is 2.13. The first-order valence-corrected chi connectivity index (χ1v) is 7.29. The Morgan fingerprint density at radius 1 is 1.09 bits per heavy atom. The molecular formula is C19H20O4. The van der Waals surface area contributed by atoms with Crippen LogP contribution in [0.5, 0.6) is 11.5 Å². The summed E-state index contributed by atoms with van der Waals surface area (Å²) in [6.07, 6.45) is 0. The average Bonchev–Trinajstić information content (AvgIpc) is 2.59. The van der Waals surface area contributed by atoms with Gasteiger partial charge in [-0.1, -0.05) is 37.8 Å². The highest BCUT2D eigenvalue weighted by Crippen LogP contribution is 2.25. The molecule has 0 aliphatic carbocycles. The second kappa shape index (κ2) is 7.49. The van der Waals surface area contributed by atoms with Gasteiger partial charge in [-0.3, -0.25) is 0 Å². The Labute approximate surface area is 136 Å². The van der Waals surface area contributed by atoms with E-state index in [-0.39, 0.29) is 11.5 Å². The lowest BCUT2D eigenvalue weighted by molar-refractivity contribution is -0.132. The molecule has 1 atom stereocenters. The lowest BCUT2D eigenvalue weighted by Crippen LogP contribution is -2.07. The number of benzene rings is 2. The van der Waals surface area contributed by atoms with Crippen molar-refractivity contribution in [3.05, 3.63) is 71.8 Å². The van der Waals surface area contributed by atoms with Gasteiger partial charge in [0.05, 0.1) is 7.11 Å². The van der Waals surface area contributed by atoms with Crippen molar-refractivity contribution in [2.45, 2.75) is 19.4 Å². The molecule has 0 bridgehead atoms. The Balaban J connectivity index is 1.96. The van der Waals surface area contributed by atoms with Gasteiger partial charge in [0.25, 0.3) is 0 Å². The average molecular weight is 312 g/mol. The maximum Gasteiger partial charge on any atom is 0.331 e. The predicted octanol–water partition coefficient (Wildman–Crippen LogP) is 4.02. The molecular weight excluding hydrogens is 292 g/mol. The van der Waals surface area contributed by atoms with Crippen LogP contribution in [0.1, 0.15) is 24.0 Å². The van der Waals surface area contributed by atoms with E-state index in [2.05, 4.69) is 6.58 Å². The third-order valence-corrected chi connectivity index (χ3v) is 3.74. The van der Waals surface area contributed by atoms with E-state index in [4.69, 9.17) is 14.6 Å². The molecule has 23 heavy (non-hydrogen) atoms. The quantitative estimate of drug-likeness (QED) is 0.785. The van der Waals surface area contributed by atoms with Crippen molar-refractivity contribution in [1.82, 2.24) is 0 Å². The summed E-state index contributed by atoms with van der Waals surface area (Å²) in [6.45, 7) is 5.88. The normalized spacial score (nSPS) is 11.6. The fourth-order valence-corrected chi connectivity index (χ4v) is 2.13. The molecule has 1 N–H and O–H groups in total.